The number of rotatable bonds is 7. The van der Waals surface area contributed by atoms with Gasteiger partial charge in [0.15, 0.2) is 6.61 Å². The molecule has 1 amide bonds. The lowest BCUT2D eigenvalue weighted by atomic mass is 10.2. The molecule has 1 fully saturated rings. The van der Waals surface area contributed by atoms with Crippen LogP contribution >= 0.6 is 0 Å². The average molecular weight is 449 g/mol. The number of nitrogens with one attached hydrogen (secondary N) is 1. The lowest BCUT2D eigenvalue weighted by Gasteiger charge is -2.20. The molecule has 0 spiro atoms. The predicted molar refractivity (Wildman–Crippen MR) is 112 cm³/mol. The van der Waals surface area contributed by atoms with E-state index >= 15 is 0 Å². The third-order valence-electron chi connectivity index (χ3n) is 5.01. The molecule has 0 atom stereocenters. The Hall–Kier alpha value is -2.78. The number of nitrogens with zero attached hydrogens (tertiary/aromatic N) is 1. The molecule has 1 saturated heterocycles. The van der Waals surface area contributed by atoms with Gasteiger partial charge in [-0.3, -0.25) is 4.79 Å². The fourth-order valence-electron chi connectivity index (χ4n) is 3.28. The van der Waals surface area contributed by atoms with Crippen molar-refractivity contribution in [2.75, 3.05) is 19.7 Å². The van der Waals surface area contributed by atoms with E-state index in [0.29, 0.717) is 18.7 Å². The molecule has 1 aliphatic rings. The van der Waals surface area contributed by atoms with E-state index in [-0.39, 0.29) is 22.8 Å². The molecule has 0 saturated carbocycles. The van der Waals surface area contributed by atoms with Crippen molar-refractivity contribution in [2.45, 2.75) is 37.1 Å². The van der Waals surface area contributed by atoms with Gasteiger partial charge in [-0.05, 0) is 48.7 Å². The summed E-state index contributed by atoms with van der Waals surface area (Å²) in [6.45, 7) is 0.583. The standard InChI is InChI=1S/C22H25FN2O5S/c23-19-10-8-17(9-11-19)15-24-21(26)16-30-22(27)18-6-5-7-20(14-18)31(28,29)25-12-3-1-2-4-13-25/h5-11,14H,1-4,12-13,15-16H2,(H,24,26). The Kier molecular flexibility index (Phi) is 7.75. The molecule has 1 heterocycles. The molecule has 7 nitrogen and oxygen atoms in total. The maximum Gasteiger partial charge on any atom is 0.338 e. The van der Waals surface area contributed by atoms with Gasteiger partial charge < -0.3 is 10.1 Å². The van der Waals surface area contributed by atoms with Crippen LogP contribution in [0, 0.1) is 5.82 Å². The van der Waals surface area contributed by atoms with Crippen molar-refractivity contribution in [3.05, 3.63) is 65.5 Å². The highest BCUT2D eigenvalue weighted by Gasteiger charge is 2.26. The van der Waals surface area contributed by atoms with Gasteiger partial charge in [-0.15, -0.1) is 0 Å². The fraction of sp³-hybridized carbons (Fsp3) is 0.364. The number of hydrogen-bond acceptors (Lipinski definition) is 5. The van der Waals surface area contributed by atoms with E-state index in [1.165, 1.54) is 52.8 Å². The number of carbonyl (C=O) groups excluding carboxylic acids is 2. The van der Waals surface area contributed by atoms with Gasteiger partial charge in [0.1, 0.15) is 5.82 Å². The van der Waals surface area contributed by atoms with Crippen molar-refractivity contribution in [1.82, 2.24) is 9.62 Å². The van der Waals surface area contributed by atoms with Gasteiger partial charge in [0, 0.05) is 19.6 Å². The van der Waals surface area contributed by atoms with Gasteiger partial charge in [-0.1, -0.05) is 31.0 Å². The Bertz CT molecular complexity index is 1020. The second-order valence-electron chi connectivity index (χ2n) is 7.33. The second kappa shape index (κ2) is 10.5. The monoisotopic (exact) mass is 448 g/mol. The van der Waals surface area contributed by atoms with Crippen LogP contribution in [0.1, 0.15) is 41.6 Å². The van der Waals surface area contributed by atoms with E-state index in [2.05, 4.69) is 5.32 Å². The molecule has 2 aromatic carbocycles. The van der Waals surface area contributed by atoms with Crippen molar-refractivity contribution < 1.29 is 27.1 Å². The molecule has 3 rings (SSSR count). The lowest BCUT2D eigenvalue weighted by molar-refractivity contribution is -0.124. The fourth-order valence-corrected chi connectivity index (χ4v) is 4.85. The number of benzene rings is 2. The van der Waals surface area contributed by atoms with Crippen LogP contribution in [-0.4, -0.2) is 44.3 Å². The van der Waals surface area contributed by atoms with Crippen molar-refractivity contribution in [2.24, 2.45) is 0 Å². The quantitative estimate of drug-likeness (QED) is 0.658. The Morgan fingerprint density at radius 1 is 1.00 bits per heavy atom. The van der Waals surface area contributed by atoms with E-state index in [1.807, 2.05) is 0 Å². The summed E-state index contributed by atoms with van der Waals surface area (Å²) in [5.41, 5.74) is 0.759. The molecule has 0 bridgehead atoms. The predicted octanol–water partition coefficient (Wildman–Crippen LogP) is 2.86. The Morgan fingerprint density at radius 3 is 2.35 bits per heavy atom. The number of hydrogen-bond donors (Lipinski definition) is 1. The van der Waals surface area contributed by atoms with Gasteiger partial charge >= 0.3 is 5.97 Å². The Morgan fingerprint density at radius 2 is 1.68 bits per heavy atom. The van der Waals surface area contributed by atoms with Crippen LogP contribution in [0.4, 0.5) is 4.39 Å². The molecular weight excluding hydrogens is 423 g/mol. The van der Waals surface area contributed by atoms with Crippen LogP contribution < -0.4 is 5.32 Å². The molecule has 9 heteroatoms. The van der Waals surface area contributed by atoms with Crippen molar-refractivity contribution in [1.29, 1.82) is 0 Å². The number of carbonyl (C=O) groups is 2. The third kappa shape index (κ3) is 6.35. The molecule has 2 aromatic rings. The molecular formula is C22H25FN2O5S. The molecule has 1 aliphatic heterocycles. The highest BCUT2D eigenvalue weighted by Crippen LogP contribution is 2.21. The zero-order valence-corrected chi connectivity index (χ0v) is 17.9. The minimum Gasteiger partial charge on any atom is -0.452 e. The molecule has 31 heavy (non-hydrogen) atoms. The van der Waals surface area contributed by atoms with Gasteiger partial charge in [0.2, 0.25) is 10.0 Å². The number of ether oxygens (including phenoxy) is 1. The van der Waals surface area contributed by atoms with Crippen LogP contribution in [-0.2, 0) is 26.1 Å². The molecule has 1 N–H and O–H groups in total. The highest BCUT2D eigenvalue weighted by molar-refractivity contribution is 7.89. The molecule has 0 unspecified atom stereocenters. The van der Waals surface area contributed by atoms with Gasteiger partial charge in [-0.25, -0.2) is 17.6 Å². The normalized spacial score (nSPS) is 15.1. The van der Waals surface area contributed by atoms with Gasteiger partial charge in [0.25, 0.3) is 5.91 Å². The van der Waals surface area contributed by atoms with Crippen molar-refractivity contribution in [3.63, 3.8) is 0 Å². The Labute approximate surface area is 181 Å². The summed E-state index contributed by atoms with van der Waals surface area (Å²) in [6.07, 6.45) is 3.63. The minimum atomic E-state index is -3.70. The highest BCUT2D eigenvalue weighted by atomic mass is 32.2. The number of amides is 1. The smallest absolute Gasteiger partial charge is 0.338 e. The minimum absolute atomic E-state index is 0.0320. The van der Waals surface area contributed by atoms with Crippen LogP contribution in [0.3, 0.4) is 0 Å². The van der Waals surface area contributed by atoms with Crippen molar-refractivity contribution in [3.8, 4) is 0 Å². The third-order valence-corrected chi connectivity index (χ3v) is 6.90. The summed E-state index contributed by atoms with van der Waals surface area (Å²) >= 11 is 0. The maximum atomic E-state index is 12.9. The molecule has 0 radical (unpaired) electrons. The first-order valence-electron chi connectivity index (χ1n) is 10.1. The first kappa shape index (κ1) is 22.9. The average Bonchev–Trinajstić information content (AvgIpc) is 3.07. The number of sulfonamides is 1. The molecule has 0 aliphatic carbocycles. The zero-order valence-electron chi connectivity index (χ0n) is 17.1. The van der Waals surface area contributed by atoms with E-state index in [0.717, 1.165) is 25.7 Å². The maximum absolute atomic E-state index is 12.9. The van der Waals surface area contributed by atoms with E-state index in [4.69, 9.17) is 4.74 Å². The van der Waals surface area contributed by atoms with E-state index in [9.17, 15) is 22.4 Å². The summed E-state index contributed by atoms with van der Waals surface area (Å²) in [4.78, 5) is 24.3. The topological polar surface area (TPSA) is 92.8 Å². The first-order valence-corrected chi connectivity index (χ1v) is 11.6. The van der Waals surface area contributed by atoms with Gasteiger partial charge in [0.05, 0.1) is 10.5 Å². The lowest BCUT2D eigenvalue weighted by Crippen LogP contribution is -2.32. The van der Waals surface area contributed by atoms with Crippen LogP contribution in [0.5, 0.6) is 0 Å². The van der Waals surface area contributed by atoms with Gasteiger partial charge in [-0.2, -0.15) is 4.31 Å². The van der Waals surface area contributed by atoms with Crippen LogP contribution in [0.25, 0.3) is 0 Å². The molecule has 166 valence electrons. The van der Waals surface area contributed by atoms with Crippen LogP contribution in [0.15, 0.2) is 53.4 Å². The largest absolute Gasteiger partial charge is 0.452 e. The first-order chi connectivity index (χ1) is 14.9. The van der Waals surface area contributed by atoms with E-state index in [1.54, 1.807) is 0 Å². The summed E-state index contributed by atoms with van der Waals surface area (Å²) in [5, 5.41) is 2.57. The van der Waals surface area contributed by atoms with E-state index < -0.39 is 28.5 Å². The summed E-state index contributed by atoms with van der Waals surface area (Å²) in [5.74, 6) is -1.68. The summed E-state index contributed by atoms with van der Waals surface area (Å²) in [6, 6.07) is 11.3. The Balaban J connectivity index is 1.56. The van der Waals surface area contributed by atoms with Crippen molar-refractivity contribution >= 4 is 21.9 Å². The number of esters is 1. The summed E-state index contributed by atoms with van der Waals surface area (Å²) < 4.78 is 45.2. The van der Waals surface area contributed by atoms with Crippen LogP contribution in [0.2, 0.25) is 0 Å². The molecule has 0 aromatic heterocycles. The zero-order chi connectivity index (χ0) is 22.3. The number of halogens is 1. The SMILES string of the molecule is O=C(COC(=O)c1cccc(S(=O)(=O)N2CCCCCC2)c1)NCc1ccc(F)cc1. The second-order valence-corrected chi connectivity index (χ2v) is 9.26. The summed E-state index contributed by atoms with van der Waals surface area (Å²) in [7, 11) is -3.70.